The molecule has 0 unspecified atom stereocenters. The van der Waals surface area contributed by atoms with Crippen molar-refractivity contribution in [3.05, 3.63) is 35.9 Å². The van der Waals surface area contributed by atoms with Crippen LogP contribution in [-0.2, 0) is 14.9 Å². The second-order valence-corrected chi connectivity index (χ2v) is 5.41. The van der Waals surface area contributed by atoms with Gasteiger partial charge in [0.05, 0.1) is 0 Å². The highest BCUT2D eigenvalue weighted by molar-refractivity contribution is 6.43. The Morgan fingerprint density at radius 2 is 1.50 bits per heavy atom. The molecule has 0 atom stereocenters. The molecule has 0 heterocycles. The van der Waals surface area contributed by atoms with Crippen LogP contribution < -0.4 is 0 Å². The molecule has 1 aromatic rings. The minimum atomic E-state index is -1.12. The van der Waals surface area contributed by atoms with Crippen molar-refractivity contribution < 1.29 is 8.85 Å². The molecule has 0 aliphatic rings. The van der Waals surface area contributed by atoms with Gasteiger partial charge < -0.3 is 8.85 Å². The molecule has 1 rings (SSSR count). The van der Waals surface area contributed by atoms with Crippen LogP contribution >= 0.6 is 0 Å². The van der Waals surface area contributed by atoms with Gasteiger partial charge in [-0.1, -0.05) is 44.2 Å². The topological polar surface area (TPSA) is 18.5 Å². The molecule has 0 saturated heterocycles. The van der Waals surface area contributed by atoms with Gasteiger partial charge in [-0.2, -0.15) is 0 Å². The van der Waals surface area contributed by atoms with Gasteiger partial charge in [0.1, 0.15) is 0 Å². The van der Waals surface area contributed by atoms with Crippen LogP contribution in [-0.4, -0.2) is 22.5 Å². The van der Waals surface area contributed by atoms with E-state index in [1.807, 2.05) is 6.07 Å². The summed E-state index contributed by atoms with van der Waals surface area (Å²) in [4.78, 5) is 0. The molecule has 2 nitrogen and oxygen atoms in total. The molecule has 0 saturated carbocycles. The molecular formula is C13H21O2Si. The van der Waals surface area contributed by atoms with Crippen LogP contribution in [0.5, 0.6) is 0 Å². The molecular weight excluding hydrogens is 216 g/mol. The first-order valence-corrected chi connectivity index (χ1v) is 7.54. The van der Waals surface area contributed by atoms with E-state index in [2.05, 4.69) is 38.1 Å². The smallest absolute Gasteiger partial charge is 0.389 e. The third-order valence-corrected chi connectivity index (χ3v) is 3.87. The van der Waals surface area contributed by atoms with E-state index >= 15 is 0 Å². The lowest BCUT2D eigenvalue weighted by Gasteiger charge is -2.14. The van der Waals surface area contributed by atoms with Crippen molar-refractivity contribution in [3.8, 4) is 0 Å². The summed E-state index contributed by atoms with van der Waals surface area (Å²) in [6.07, 6.45) is 2.11. The predicted molar refractivity (Wildman–Crippen MR) is 68.4 cm³/mol. The van der Waals surface area contributed by atoms with E-state index in [0.29, 0.717) is 0 Å². The van der Waals surface area contributed by atoms with E-state index in [-0.39, 0.29) is 0 Å². The fraction of sp³-hybridized carbons (Fsp3) is 0.538. The van der Waals surface area contributed by atoms with Crippen molar-refractivity contribution in [1.82, 2.24) is 0 Å². The molecule has 0 amide bonds. The zero-order chi connectivity index (χ0) is 11.6. The summed E-state index contributed by atoms with van der Waals surface area (Å²) in [5.74, 6) is 0. The van der Waals surface area contributed by atoms with E-state index in [4.69, 9.17) is 8.85 Å². The van der Waals surface area contributed by atoms with Crippen LogP contribution in [0.1, 0.15) is 32.3 Å². The minimum Gasteiger partial charge on any atom is -0.393 e. The summed E-state index contributed by atoms with van der Waals surface area (Å²) in [5.41, 5.74) is 1.31. The van der Waals surface area contributed by atoms with Gasteiger partial charge in [0.15, 0.2) is 0 Å². The molecule has 0 spiro atoms. The second-order valence-electron chi connectivity index (χ2n) is 3.73. The maximum atomic E-state index is 5.78. The van der Waals surface area contributed by atoms with Crippen LogP contribution in [0.3, 0.4) is 0 Å². The average Bonchev–Trinajstić information content (AvgIpc) is 2.34. The Morgan fingerprint density at radius 3 is 2.00 bits per heavy atom. The Kier molecular flexibility index (Phi) is 7.13. The summed E-state index contributed by atoms with van der Waals surface area (Å²) in [6.45, 7) is 5.87. The second kappa shape index (κ2) is 8.50. The highest BCUT2D eigenvalue weighted by Gasteiger charge is 2.15. The molecule has 0 fully saturated rings. The maximum absolute atomic E-state index is 5.78. The molecule has 0 aromatic heterocycles. The van der Waals surface area contributed by atoms with E-state index in [1.54, 1.807) is 0 Å². The van der Waals surface area contributed by atoms with Crippen molar-refractivity contribution in [2.45, 2.75) is 32.7 Å². The normalized spacial score (nSPS) is 10.9. The summed E-state index contributed by atoms with van der Waals surface area (Å²) >= 11 is 0. The zero-order valence-electron chi connectivity index (χ0n) is 10.2. The molecule has 0 aliphatic carbocycles. The van der Waals surface area contributed by atoms with Crippen LogP contribution in [0, 0.1) is 0 Å². The van der Waals surface area contributed by atoms with E-state index in [1.165, 1.54) is 5.56 Å². The standard InChI is InChI=1S/C13H21O2Si/c1-3-10-14-16(15-11-4-2)12-13-8-6-5-7-9-13/h5-9H,3-4,10-12H2,1-2H3. The maximum Gasteiger partial charge on any atom is 0.389 e. The number of hydrogen-bond acceptors (Lipinski definition) is 2. The third-order valence-electron chi connectivity index (χ3n) is 2.13. The summed E-state index contributed by atoms with van der Waals surface area (Å²) in [7, 11) is -1.12. The molecule has 16 heavy (non-hydrogen) atoms. The Balaban J connectivity index is 2.42. The van der Waals surface area contributed by atoms with Crippen molar-refractivity contribution >= 4 is 9.28 Å². The zero-order valence-corrected chi connectivity index (χ0v) is 11.2. The van der Waals surface area contributed by atoms with Gasteiger partial charge in [-0.25, -0.2) is 0 Å². The van der Waals surface area contributed by atoms with Crippen LogP contribution in [0.25, 0.3) is 0 Å². The van der Waals surface area contributed by atoms with Gasteiger partial charge >= 0.3 is 9.28 Å². The summed E-state index contributed by atoms with van der Waals surface area (Å²) in [5, 5.41) is 0. The molecule has 0 aliphatic heterocycles. The van der Waals surface area contributed by atoms with Gasteiger partial charge in [-0.05, 0) is 18.4 Å². The first-order valence-electron chi connectivity index (χ1n) is 6.02. The van der Waals surface area contributed by atoms with Crippen LogP contribution in [0.4, 0.5) is 0 Å². The average molecular weight is 237 g/mol. The van der Waals surface area contributed by atoms with E-state index in [0.717, 1.165) is 32.1 Å². The van der Waals surface area contributed by atoms with Crippen molar-refractivity contribution in [2.75, 3.05) is 13.2 Å². The third kappa shape index (κ3) is 5.44. The first kappa shape index (κ1) is 13.4. The largest absolute Gasteiger partial charge is 0.393 e. The summed E-state index contributed by atoms with van der Waals surface area (Å²) < 4.78 is 11.6. The Labute approximate surface area is 100 Å². The monoisotopic (exact) mass is 237 g/mol. The van der Waals surface area contributed by atoms with Crippen molar-refractivity contribution in [3.63, 3.8) is 0 Å². The highest BCUT2D eigenvalue weighted by atomic mass is 28.3. The van der Waals surface area contributed by atoms with Gasteiger partial charge in [0.2, 0.25) is 0 Å². The van der Waals surface area contributed by atoms with E-state index in [9.17, 15) is 0 Å². The lowest BCUT2D eigenvalue weighted by atomic mass is 10.2. The van der Waals surface area contributed by atoms with Crippen LogP contribution in [0.2, 0.25) is 0 Å². The lowest BCUT2D eigenvalue weighted by Crippen LogP contribution is -2.27. The Hall–Kier alpha value is -0.643. The number of hydrogen-bond donors (Lipinski definition) is 0. The van der Waals surface area contributed by atoms with Gasteiger partial charge in [-0.15, -0.1) is 0 Å². The van der Waals surface area contributed by atoms with E-state index < -0.39 is 9.28 Å². The fourth-order valence-corrected chi connectivity index (χ4v) is 3.06. The SMILES string of the molecule is CCCO[Si](Cc1ccccc1)OCCC. The van der Waals surface area contributed by atoms with Crippen molar-refractivity contribution in [1.29, 1.82) is 0 Å². The quantitative estimate of drug-likeness (QED) is 0.647. The Morgan fingerprint density at radius 1 is 0.938 bits per heavy atom. The number of benzene rings is 1. The number of rotatable bonds is 8. The molecule has 1 radical (unpaired) electrons. The summed E-state index contributed by atoms with van der Waals surface area (Å²) in [6, 6.07) is 11.4. The van der Waals surface area contributed by atoms with Crippen molar-refractivity contribution in [2.24, 2.45) is 0 Å². The van der Waals surface area contributed by atoms with Gasteiger partial charge in [0.25, 0.3) is 0 Å². The lowest BCUT2D eigenvalue weighted by molar-refractivity contribution is 0.196. The molecule has 0 bridgehead atoms. The molecule has 0 N–H and O–H groups in total. The van der Waals surface area contributed by atoms with Gasteiger partial charge in [-0.3, -0.25) is 0 Å². The first-order chi connectivity index (χ1) is 7.86. The molecule has 1 aromatic carbocycles. The predicted octanol–water partition coefficient (Wildman–Crippen LogP) is 3.11. The molecule has 3 heteroatoms. The minimum absolute atomic E-state index is 0.810. The van der Waals surface area contributed by atoms with Crippen LogP contribution in [0.15, 0.2) is 30.3 Å². The van der Waals surface area contributed by atoms with Gasteiger partial charge in [0, 0.05) is 19.3 Å². The molecule has 89 valence electrons. The highest BCUT2D eigenvalue weighted by Crippen LogP contribution is 2.05. The fourth-order valence-electron chi connectivity index (χ4n) is 1.34. The Bertz CT molecular complexity index is 256.